The van der Waals surface area contributed by atoms with E-state index >= 15 is 0 Å². The molecular formula is C26H40N2O2. The topological polar surface area (TPSA) is 55.6 Å². The van der Waals surface area contributed by atoms with Crippen LogP contribution in [0.1, 0.15) is 83.3 Å². The van der Waals surface area contributed by atoms with E-state index in [0.29, 0.717) is 29.0 Å². The molecule has 0 aromatic heterocycles. The predicted octanol–water partition coefficient (Wildman–Crippen LogP) is 5.74. The van der Waals surface area contributed by atoms with Gasteiger partial charge in [0.25, 0.3) is 0 Å². The van der Waals surface area contributed by atoms with Crippen LogP contribution in [0, 0.1) is 23.2 Å². The molecule has 0 saturated heterocycles. The molecule has 1 aromatic rings. The fourth-order valence-corrected chi connectivity index (χ4v) is 6.80. The van der Waals surface area contributed by atoms with Gasteiger partial charge < -0.3 is 15.4 Å². The minimum Gasteiger partial charge on any atom is -0.410 e. The van der Waals surface area contributed by atoms with Gasteiger partial charge in [0.2, 0.25) is 0 Å². The summed E-state index contributed by atoms with van der Waals surface area (Å²) in [5, 5.41) is 0. The average Bonchev–Trinajstić information content (AvgIpc) is 3.01. The molecule has 0 aliphatic heterocycles. The molecule has 1 amide bonds. The molecule has 2 N–H and O–H groups in total. The second-order valence-electron chi connectivity index (χ2n) is 10.7. The van der Waals surface area contributed by atoms with Gasteiger partial charge in [0.15, 0.2) is 0 Å². The number of nitrogens with two attached hydrogens (primary N) is 1. The maximum atomic E-state index is 12.7. The molecule has 4 heteroatoms. The van der Waals surface area contributed by atoms with E-state index in [-0.39, 0.29) is 6.09 Å². The van der Waals surface area contributed by atoms with Crippen molar-refractivity contribution in [2.24, 2.45) is 28.9 Å². The molecule has 4 nitrogen and oxygen atoms in total. The van der Waals surface area contributed by atoms with E-state index < -0.39 is 0 Å². The molecule has 4 rings (SSSR count). The van der Waals surface area contributed by atoms with Crippen LogP contribution >= 0.6 is 0 Å². The number of fused-ring (bicyclic) bond motifs is 5. The first kappa shape index (κ1) is 21.7. The van der Waals surface area contributed by atoms with E-state index in [0.717, 1.165) is 37.8 Å². The molecular weight excluding hydrogens is 372 g/mol. The maximum Gasteiger partial charge on any atom is 0.415 e. The Morgan fingerprint density at radius 3 is 2.80 bits per heavy atom. The molecule has 5 unspecified atom stereocenters. The van der Waals surface area contributed by atoms with E-state index in [1.165, 1.54) is 43.2 Å². The van der Waals surface area contributed by atoms with Gasteiger partial charge in [0, 0.05) is 19.1 Å². The monoisotopic (exact) mass is 412 g/mol. The van der Waals surface area contributed by atoms with Gasteiger partial charge in [-0.3, -0.25) is 0 Å². The third-order valence-electron chi connectivity index (χ3n) is 8.31. The molecule has 3 aliphatic carbocycles. The van der Waals surface area contributed by atoms with Crippen LogP contribution in [0.4, 0.5) is 4.79 Å². The lowest BCUT2D eigenvalue weighted by Crippen LogP contribution is -2.46. The number of carbonyl (C=O) groups is 1. The van der Waals surface area contributed by atoms with Crippen molar-refractivity contribution in [1.82, 2.24) is 4.90 Å². The molecule has 5 atom stereocenters. The van der Waals surface area contributed by atoms with Crippen LogP contribution in [0.15, 0.2) is 18.2 Å². The van der Waals surface area contributed by atoms with Gasteiger partial charge >= 0.3 is 6.09 Å². The summed E-state index contributed by atoms with van der Waals surface area (Å²) in [4.78, 5) is 14.6. The molecule has 0 radical (unpaired) electrons. The second-order valence-corrected chi connectivity index (χ2v) is 10.7. The SMILES string of the molecule is CCCN(CC(C)C)C(=O)Oc1ccc2c(c1)CCC1C2CCC2(C)C(N)CCC12. The molecule has 3 aliphatic rings. The number of ether oxygens (including phenoxy) is 1. The van der Waals surface area contributed by atoms with Crippen molar-refractivity contribution < 1.29 is 9.53 Å². The van der Waals surface area contributed by atoms with Gasteiger partial charge in [0.05, 0.1) is 0 Å². The van der Waals surface area contributed by atoms with E-state index in [9.17, 15) is 4.79 Å². The van der Waals surface area contributed by atoms with Gasteiger partial charge in [-0.1, -0.05) is 33.8 Å². The van der Waals surface area contributed by atoms with Crippen molar-refractivity contribution in [3.63, 3.8) is 0 Å². The summed E-state index contributed by atoms with van der Waals surface area (Å²) in [5.74, 6) is 3.33. The van der Waals surface area contributed by atoms with Crippen LogP contribution in [-0.2, 0) is 6.42 Å². The molecule has 0 spiro atoms. The molecule has 2 saturated carbocycles. The highest BCUT2D eigenvalue weighted by Crippen LogP contribution is 2.60. The van der Waals surface area contributed by atoms with Crippen LogP contribution in [-0.4, -0.2) is 30.1 Å². The van der Waals surface area contributed by atoms with Crippen LogP contribution in [0.2, 0.25) is 0 Å². The van der Waals surface area contributed by atoms with Crippen molar-refractivity contribution in [3.8, 4) is 5.75 Å². The van der Waals surface area contributed by atoms with E-state index in [1.807, 2.05) is 11.0 Å². The summed E-state index contributed by atoms with van der Waals surface area (Å²) >= 11 is 0. The van der Waals surface area contributed by atoms with Crippen molar-refractivity contribution >= 4 is 6.09 Å². The normalized spacial score (nSPS) is 32.3. The average molecular weight is 413 g/mol. The molecule has 30 heavy (non-hydrogen) atoms. The maximum absolute atomic E-state index is 12.7. The van der Waals surface area contributed by atoms with Gasteiger partial charge in [-0.15, -0.1) is 0 Å². The van der Waals surface area contributed by atoms with Crippen molar-refractivity contribution in [2.45, 2.75) is 84.6 Å². The fraction of sp³-hybridized carbons (Fsp3) is 0.731. The minimum atomic E-state index is -0.215. The van der Waals surface area contributed by atoms with Gasteiger partial charge in [-0.05, 0) is 97.3 Å². The zero-order chi connectivity index (χ0) is 21.5. The molecule has 0 bridgehead atoms. The zero-order valence-electron chi connectivity index (χ0n) is 19.3. The Balaban J connectivity index is 1.49. The fourth-order valence-electron chi connectivity index (χ4n) is 6.80. The lowest BCUT2D eigenvalue weighted by Gasteiger charge is -2.50. The highest BCUT2D eigenvalue weighted by molar-refractivity contribution is 5.70. The Bertz CT molecular complexity index is 776. The van der Waals surface area contributed by atoms with Crippen molar-refractivity contribution in [2.75, 3.05) is 13.1 Å². The summed E-state index contributed by atoms with van der Waals surface area (Å²) in [7, 11) is 0. The van der Waals surface area contributed by atoms with Crippen LogP contribution in [0.25, 0.3) is 0 Å². The Labute approximate surface area is 182 Å². The number of hydrogen-bond donors (Lipinski definition) is 1. The van der Waals surface area contributed by atoms with Gasteiger partial charge in [0.1, 0.15) is 5.75 Å². The largest absolute Gasteiger partial charge is 0.415 e. The summed E-state index contributed by atoms with van der Waals surface area (Å²) in [6.07, 6.45) is 8.05. The summed E-state index contributed by atoms with van der Waals surface area (Å²) in [5.41, 5.74) is 9.76. The van der Waals surface area contributed by atoms with Crippen LogP contribution in [0.3, 0.4) is 0 Å². The first-order valence-corrected chi connectivity index (χ1v) is 12.2. The standard InChI is InChI=1S/C26H40N2O2/c1-5-14-28(16-17(2)3)25(29)30-19-7-9-20-18(15-19)6-8-22-21(20)12-13-26(4)23(22)10-11-24(26)27/h7,9,15,17,21-24H,5-6,8,10-14,16,27H2,1-4H3. The van der Waals surface area contributed by atoms with Crippen LogP contribution in [0.5, 0.6) is 5.75 Å². The zero-order valence-corrected chi connectivity index (χ0v) is 19.3. The summed E-state index contributed by atoms with van der Waals surface area (Å²) in [6, 6.07) is 6.78. The molecule has 1 aromatic carbocycles. The van der Waals surface area contributed by atoms with E-state index in [4.69, 9.17) is 10.5 Å². The number of aryl methyl sites for hydroxylation is 1. The number of hydrogen-bond acceptors (Lipinski definition) is 3. The van der Waals surface area contributed by atoms with E-state index in [1.54, 1.807) is 0 Å². The lowest BCUT2D eigenvalue weighted by atomic mass is 9.55. The number of carbonyl (C=O) groups excluding carboxylic acids is 1. The Morgan fingerprint density at radius 1 is 1.27 bits per heavy atom. The third kappa shape index (κ3) is 3.88. The van der Waals surface area contributed by atoms with Gasteiger partial charge in [-0.25, -0.2) is 4.79 Å². The molecule has 0 heterocycles. The molecule has 166 valence electrons. The lowest BCUT2D eigenvalue weighted by molar-refractivity contribution is 0.0496. The first-order chi connectivity index (χ1) is 14.3. The van der Waals surface area contributed by atoms with Crippen molar-refractivity contribution in [3.05, 3.63) is 29.3 Å². The van der Waals surface area contributed by atoms with Crippen molar-refractivity contribution in [1.29, 1.82) is 0 Å². The van der Waals surface area contributed by atoms with E-state index in [2.05, 4.69) is 39.8 Å². The predicted molar refractivity (Wildman–Crippen MR) is 122 cm³/mol. The third-order valence-corrected chi connectivity index (χ3v) is 8.31. The number of benzene rings is 1. The number of amides is 1. The first-order valence-electron chi connectivity index (χ1n) is 12.2. The Hall–Kier alpha value is -1.55. The summed E-state index contributed by atoms with van der Waals surface area (Å²) in [6.45, 7) is 10.3. The van der Waals surface area contributed by atoms with Gasteiger partial charge in [-0.2, -0.15) is 0 Å². The minimum absolute atomic E-state index is 0.215. The number of rotatable bonds is 5. The second kappa shape index (κ2) is 8.53. The van der Waals surface area contributed by atoms with Crippen LogP contribution < -0.4 is 10.5 Å². The quantitative estimate of drug-likeness (QED) is 0.671. The highest BCUT2D eigenvalue weighted by atomic mass is 16.6. The number of nitrogens with zero attached hydrogens (tertiary/aromatic N) is 1. The highest BCUT2D eigenvalue weighted by Gasteiger charge is 2.53. The summed E-state index contributed by atoms with van der Waals surface area (Å²) < 4.78 is 5.80. The Morgan fingerprint density at radius 2 is 2.07 bits per heavy atom. The smallest absolute Gasteiger partial charge is 0.410 e. The molecule has 2 fully saturated rings. The Kier molecular flexibility index (Phi) is 6.16.